The molecular weight excluding hydrogens is 332 g/mol. The molecule has 7 nitrogen and oxygen atoms in total. The first-order valence-electron chi connectivity index (χ1n) is 9.30. The predicted molar refractivity (Wildman–Crippen MR) is 96.1 cm³/mol. The van der Waals surface area contributed by atoms with Crippen LogP contribution >= 0.6 is 0 Å². The molecule has 138 valence electrons. The summed E-state index contributed by atoms with van der Waals surface area (Å²) in [6.07, 6.45) is 7.86. The van der Waals surface area contributed by atoms with E-state index in [2.05, 4.69) is 15.0 Å². The average molecular weight is 356 g/mol. The molecule has 2 aromatic rings. The normalized spacial score (nSPS) is 18.2. The molecule has 0 amide bonds. The molecule has 0 bridgehead atoms. The fourth-order valence-corrected chi connectivity index (χ4v) is 4.14. The molecule has 2 N–H and O–H groups in total. The van der Waals surface area contributed by atoms with E-state index in [1.807, 2.05) is 12.3 Å². The lowest BCUT2D eigenvalue weighted by atomic mass is 9.90. The SMILES string of the molecule is O=C(O)c1c2c(nn1CC(O)CN1CCCCC1)-c1ccncc1CC2. The number of rotatable bonds is 5. The molecule has 0 aromatic carbocycles. The van der Waals surface area contributed by atoms with Crippen molar-refractivity contribution in [2.75, 3.05) is 19.6 Å². The Balaban J connectivity index is 1.60. The molecule has 0 spiro atoms. The van der Waals surface area contributed by atoms with Gasteiger partial charge in [0.2, 0.25) is 0 Å². The largest absolute Gasteiger partial charge is 0.477 e. The second-order valence-electron chi connectivity index (χ2n) is 7.21. The van der Waals surface area contributed by atoms with Gasteiger partial charge in [0, 0.05) is 30.1 Å². The second kappa shape index (κ2) is 7.17. The Labute approximate surface area is 152 Å². The fraction of sp³-hybridized carbons (Fsp3) is 0.526. The lowest BCUT2D eigenvalue weighted by Crippen LogP contribution is -2.38. The summed E-state index contributed by atoms with van der Waals surface area (Å²) in [7, 11) is 0. The lowest BCUT2D eigenvalue weighted by molar-refractivity contribution is 0.0657. The second-order valence-corrected chi connectivity index (χ2v) is 7.21. The van der Waals surface area contributed by atoms with Gasteiger partial charge in [-0.15, -0.1) is 0 Å². The number of nitrogens with zero attached hydrogens (tertiary/aromatic N) is 4. The van der Waals surface area contributed by atoms with Crippen molar-refractivity contribution < 1.29 is 15.0 Å². The number of piperidine rings is 1. The van der Waals surface area contributed by atoms with Crippen molar-refractivity contribution >= 4 is 5.97 Å². The molecule has 1 aliphatic heterocycles. The van der Waals surface area contributed by atoms with Crippen LogP contribution in [-0.2, 0) is 19.4 Å². The molecule has 26 heavy (non-hydrogen) atoms. The predicted octanol–water partition coefficient (Wildman–Crippen LogP) is 1.59. The number of hydrogen-bond donors (Lipinski definition) is 2. The van der Waals surface area contributed by atoms with Crippen molar-refractivity contribution in [3.8, 4) is 11.3 Å². The van der Waals surface area contributed by atoms with E-state index in [9.17, 15) is 15.0 Å². The highest BCUT2D eigenvalue weighted by molar-refractivity contribution is 5.90. The Hall–Kier alpha value is -2.25. The minimum absolute atomic E-state index is 0.200. The van der Waals surface area contributed by atoms with Crippen LogP contribution in [-0.4, -0.2) is 61.6 Å². The summed E-state index contributed by atoms with van der Waals surface area (Å²) >= 11 is 0. The van der Waals surface area contributed by atoms with Crippen LogP contribution in [0, 0.1) is 0 Å². The number of carbonyl (C=O) groups is 1. The number of likely N-dealkylation sites (tertiary alicyclic amines) is 1. The van der Waals surface area contributed by atoms with Gasteiger partial charge in [0.15, 0.2) is 0 Å². The summed E-state index contributed by atoms with van der Waals surface area (Å²) < 4.78 is 1.48. The van der Waals surface area contributed by atoms with E-state index in [0.717, 1.165) is 54.7 Å². The zero-order valence-electron chi connectivity index (χ0n) is 14.8. The third kappa shape index (κ3) is 3.24. The highest BCUT2D eigenvalue weighted by Crippen LogP contribution is 2.34. The third-order valence-electron chi connectivity index (χ3n) is 5.36. The summed E-state index contributed by atoms with van der Waals surface area (Å²) in [4.78, 5) is 18.3. The van der Waals surface area contributed by atoms with Crippen molar-refractivity contribution in [3.63, 3.8) is 0 Å². The van der Waals surface area contributed by atoms with Crippen LogP contribution in [0.3, 0.4) is 0 Å². The first kappa shape index (κ1) is 17.2. The summed E-state index contributed by atoms with van der Waals surface area (Å²) in [5.41, 5.74) is 3.74. The zero-order chi connectivity index (χ0) is 18.1. The number of fused-ring (bicyclic) bond motifs is 3. The van der Waals surface area contributed by atoms with Crippen LogP contribution in [0.1, 0.15) is 40.9 Å². The number of aryl methyl sites for hydroxylation is 1. The van der Waals surface area contributed by atoms with Crippen molar-refractivity contribution in [2.45, 2.75) is 44.8 Å². The lowest BCUT2D eigenvalue weighted by Gasteiger charge is -2.28. The molecule has 1 aliphatic carbocycles. The van der Waals surface area contributed by atoms with Crippen LogP contribution in [0.2, 0.25) is 0 Å². The van der Waals surface area contributed by atoms with Crippen molar-refractivity contribution in [1.29, 1.82) is 0 Å². The molecule has 2 aromatic heterocycles. The van der Waals surface area contributed by atoms with E-state index in [0.29, 0.717) is 13.0 Å². The Morgan fingerprint density at radius 3 is 2.77 bits per heavy atom. The summed E-state index contributed by atoms with van der Waals surface area (Å²) in [6.45, 7) is 2.76. The smallest absolute Gasteiger partial charge is 0.354 e. The van der Waals surface area contributed by atoms with Gasteiger partial charge < -0.3 is 15.1 Å². The molecular formula is C19H24N4O3. The molecule has 1 fully saturated rings. The summed E-state index contributed by atoms with van der Waals surface area (Å²) in [5, 5.41) is 24.8. The number of aromatic nitrogens is 3. The molecule has 0 radical (unpaired) electrons. The van der Waals surface area contributed by atoms with Gasteiger partial charge in [0.25, 0.3) is 0 Å². The van der Waals surface area contributed by atoms with Crippen LogP contribution in [0.25, 0.3) is 11.3 Å². The number of hydrogen-bond acceptors (Lipinski definition) is 5. The third-order valence-corrected chi connectivity index (χ3v) is 5.36. The number of carboxylic acids is 1. The summed E-state index contributed by atoms with van der Waals surface area (Å²) in [6, 6.07) is 1.89. The van der Waals surface area contributed by atoms with Crippen LogP contribution in [0.5, 0.6) is 0 Å². The summed E-state index contributed by atoms with van der Waals surface area (Å²) in [5.74, 6) is -0.985. The highest BCUT2D eigenvalue weighted by atomic mass is 16.4. The van der Waals surface area contributed by atoms with Crippen molar-refractivity contribution in [3.05, 3.63) is 35.3 Å². The Kier molecular flexibility index (Phi) is 4.74. The molecule has 4 rings (SSSR count). The van der Waals surface area contributed by atoms with Crippen LogP contribution in [0.4, 0.5) is 0 Å². The number of aliphatic hydroxyl groups is 1. The number of carboxylic acid groups (broad SMARTS) is 1. The van der Waals surface area contributed by atoms with E-state index >= 15 is 0 Å². The minimum atomic E-state index is -0.985. The van der Waals surface area contributed by atoms with Gasteiger partial charge in [0.05, 0.1) is 18.3 Å². The number of β-amino-alcohol motifs (C(OH)–C–C–N with tert-alkyl or cyclic N) is 1. The monoisotopic (exact) mass is 356 g/mol. The van der Waals surface area contributed by atoms with E-state index in [1.54, 1.807) is 6.20 Å². The minimum Gasteiger partial charge on any atom is -0.477 e. The number of pyridine rings is 1. The zero-order valence-corrected chi connectivity index (χ0v) is 14.8. The van der Waals surface area contributed by atoms with E-state index < -0.39 is 12.1 Å². The Morgan fingerprint density at radius 2 is 2.00 bits per heavy atom. The average Bonchev–Trinajstić information content (AvgIpc) is 3.01. The van der Waals surface area contributed by atoms with E-state index in [1.165, 1.54) is 11.1 Å². The standard InChI is InChI=1S/C19H24N4O3/c24-14(11-22-8-2-1-3-9-22)12-23-18(19(25)26)16-5-4-13-10-20-7-6-15(13)17(16)21-23/h6-7,10,14,24H,1-5,8-9,11-12H2,(H,25,26). The van der Waals surface area contributed by atoms with E-state index in [-0.39, 0.29) is 12.2 Å². The van der Waals surface area contributed by atoms with Gasteiger partial charge in [-0.1, -0.05) is 6.42 Å². The van der Waals surface area contributed by atoms with Gasteiger partial charge in [0.1, 0.15) is 5.69 Å². The van der Waals surface area contributed by atoms with Gasteiger partial charge in [-0.05, 0) is 50.4 Å². The Bertz CT molecular complexity index is 811. The number of aliphatic hydroxyl groups excluding tert-OH is 1. The molecule has 3 heterocycles. The molecule has 7 heteroatoms. The first-order valence-corrected chi connectivity index (χ1v) is 9.30. The first-order chi connectivity index (χ1) is 12.6. The van der Waals surface area contributed by atoms with Crippen LogP contribution < -0.4 is 0 Å². The van der Waals surface area contributed by atoms with Gasteiger partial charge >= 0.3 is 5.97 Å². The maximum absolute atomic E-state index is 11.9. The fourth-order valence-electron chi connectivity index (χ4n) is 4.14. The topological polar surface area (TPSA) is 91.5 Å². The molecule has 1 saturated heterocycles. The Morgan fingerprint density at radius 1 is 1.19 bits per heavy atom. The highest BCUT2D eigenvalue weighted by Gasteiger charge is 2.29. The van der Waals surface area contributed by atoms with Gasteiger partial charge in [-0.2, -0.15) is 5.10 Å². The van der Waals surface area contributed by atoms with Crippen molar-refractivity contribution in [1.82, 2.24) is 19.7 Å². The maximum atomic E-state index is 11.9. The van der Waals surface area contributed by atoms with Gasteiger partial charge in [-0.3, -0.25) is 9.67 Å². The van der Waals surface area contributed by atoms with Crippen molar-refractivity contribution in [2.24, 2.45) is 0 Å². The molecule has 1 atom stereocenters. The van der Waals surface area contributed by atoms with E-state index in [4.69, 9.17) is 0 Å². The number of aromatic carboxylic acids is 1. The molecule has 1 unspecified atom stereocenters. The molecule has 2 aliphatic rings. The molecule has 0 saturated carbocycles. The maximum Gasteiger partial charge on any atom is 0.354 e. The van der Waals surface area contributed by atoms with Gasteiger partial charge in [-0.25, -0.2) is 4.79 Å². The van der Waals surface area contributed by atoms with Crippen LogP contribution in [0.15, 0.2) is 18.5 Å². The quantitative estimate of drug-likeness (QED) is 0.845.